The van der Waals surface area contributed by atoms with Gasteiger partial charge in [0.15, 0.2) is 0 Å². The van der Waals surface area contributed by atoms with Gasteiger partial charge in [-0.3, -0.25) is 4.79 Å². The van der Waals surface area contributed by atoms with E-state index in [1.165, 1.54) is 5.39 Å². The van der Waals surface area contributed by atoms with Gasteiger partial charge in [-0.1, -0.05) is 72.8 Å². The highest BCUT2D eigenvalue weighted by Crippen LogP contribution is 2.30. The molecule has 0 aromatic heterocycles. The fourth-order valence-corrected chi connectivity index (χ4v) is 3.66. The molecule has 0 bridgehead atoms. The van der Waals surface area contributed by atoms with E-state index < -0.39 is 0 Å². The molecule has 1 amide bonds. The van der Waals surface area contributed by atoms with Crippen LogP contribution in [-0.4, -0.2) is 12.5 Å². The highest BCUT2D eigenvalue weighted by atomic mass is 35.5. The summed E-state index contributed by atoms with van der Waals surface area (Å²) in [4.78, 5) is 13.0. The highest BCUT2D eigenvalue weighted by Gasteiger charge is 2.25. The van der Waals surface area contributed by atoms with E-state index in [-0.39, 0.29) is 30.3 Å². The van der Waals surface area contributed by atoms with Crippen molar-refractivity contribution in [2.24, 2.45) is 5.73 Å². The lowest BCUT2D eigenvalue weighted by Gasteiger charge is -2.25. The smallest absolute Gasteiger partial charge is 0.228 e. The molecule has 3 aromatic rings. The summed E-state index contributed by atoms with van der Waals surface area (Å²) < 4.78 is 0. The van der Waals surface area contributed by atoms with E-state index in [4.69, 9.17) is 5.73 Å². The molecule has 138 valence electrons. The van der Waals surface area contributed by atoms with Gasteiger partial charge in [-0.15, -0.1) is 12.4 Å². The van der Waals surface area contributed by atoms with Crippen molar-refractivity contribution in [1.29, 1.82) is 0 Å². The van der Waals surface area contributed by atoms with Gasteiger partial charge in [-0.2, -0.15) is 0 Å². The summed E-state index contributed by atoms with van der Waals surface area (Å²) >= 11 is 0. The van der Waals surface area contributed by atoms with Crippen molar-refractivity contribution < 1.29 is 4.79 Å². The van der Waals surface area contributed by atoms with Crippen molar-refractivity contribution in [3.63, 3.8) is 0 Å². The molecule has 0 saturated heterocycles. The molecule has 0 radical (unpaired) electrons. The molecule has 2 unspecified atom stereocenters. The number of benzene rings is 3. The maximum absolute atomic E-state index is 13.0. The number of hydrogen-bond acceptors (Lipinski definition) is 2. The average molecular weight is 379 g/mol. The SMILES string of the molecule is Cl.NCC(NC(=O)C1CC=Cc2ccccc21)c1ccc2ccccc2c1. The van der Waals surface area contributed by atoms with Crippen molar-refractivity contribution in [2.75, 3.05) is 6.54 Å². The Labute approximate surface area is 165 Å². The molecule has 0 aliphatic heterocycles. The van der Waals surface area contributed by atoms with Gasteiger partial charge < -0.3 is 11.1 Å². The van der Waals surface area contributed by atoms with Gasteiger partial charge in [0, 0.05) is 6.54 Å². The molecule has 0 spiro atoms. The van der Waals surface area contributed by atoms with E-state index in [1.54, 1.807) is 0 Å². The third-order valence-electron chi connectivity index (χ3n) is 5.09. The Hall–Kier alpha value is -2.62. The second kappa shape index (κ2) is 8.38. The minimum Gasteiger partial charge on any atom is -0.347 e. The topological polar surface area (TPSA) is 55.1 Å². The lowest BCUT2D eigenvalue weighted by atomic mass is 9.86. The summed E-state index contributed by atoms with van der Waals surface area (Å²) in [6.07, 6.45) is 4.88. The Bertz CT molecular complexity index is 983. The van der Waals surface area contributed by atoms with Gasteiger partial charge in [0.1, 0.15) is 0 Å². The van der Waals surface area contributed by atoms with Crippen molar-refractivity contribution in [3.05, 3.63) is 89.5 Å². The predicted molar refractivity (Wildman–Crippen MR) is 114 cm³/mol. The first-order chi connectivity index (χ1) is 12.8. The van der Waals surface area contributed by atoms with Gasteiger partial charge in [0.2, 0.25) is 5.91 Å². The first-order valence-corrected chi connectivity index (χ1v) is 9.01. The van der Waals surface area contributed by atoms with Gasteiger partial charge in [0.25, 0.3) is 0 Å². The van der Waals surface area contributed by atoms with E-state index in [1.807, 2.05) is 30.3 Å². The second-order valence-electron chi connectivity index (χ2n) is 6.72. The van der Waals surface area contributed by atoms with E-state index in [0.29, 0.717) is 6.54 Å². The highest BCUT2D eigenvalue weighted by molar-refractivity contribution is 5.87. The Morgan fingerprint density at radius 3 is 2.59 bits per heavy atom. The summed E-state index contributed by atoms with van der Waals surface area (Å²) in [7, 11) is 0. The second-order valence-corrected chi connectivity index (χ2v) is 6.72. The van der Waals surface area contributed by atoms with Crippen LogP contribution in [0.3, 0.4) is 0 Å². The molecule has 3 aromatic carbocycles. The number of halogens is 1. The molecule has 4 rings (SSSR count). The van der Waals surface area contributed by atoms with E-state index in [9.17, 15) is 4.79 Å². The number of carbonyl (C=O) groups excluding carboxylic acids is 1. The number of fused-ring (bicyclic) bond motifs is 2. The Balaban J connectivity index is 0.00000210. The molecular weight excluding hydrogens is 356 g/mol. The molecule has 0 saturated carbocycles. The third-order valence-corrected chi connectivity index (χ3v) is 5.09. The van der Waals surface area contributed by atoms with Crippen molar-refractivity contribution in [1.82, 2.24) is 5.32 Å². The molecule has 1 aliphatic carbocycles. The number of carbonyl (C=O) groups is 1. The van der Waals surface area contributed by atoms with E-state index >= 15 is 0 Å². The van der Waals surface area contributed by atoms with Crippen LogP contribution in [-0.2, 0) is 4.79 Å². The van der Waals surface area contributed by atoms with Crippen molar-refractivity contribution in [2.45, 2.75) is 18.4 Å². The van der Waals surface area contributed by atoms with Crippen LogP contribution in [0.4, 0.5) is 0 Å². The maximum atomic E-state index is 13.0. The van der Waals surface area contributed by atoms with E-state index in [0.717, 1.165) is 28.5 Å². The predicted octanol–water partition coefficient (Wildman–Crippen LogP) is 4.58. The van der Waals surface area contributed by atoms with Crippen LogP contribution in [0, 0.1) is 0 Å². The first kappa shape index (κ1) is 19.2. The number of rotatable bonds is 4. The zero-order chi connectivity index (χ0) is 17.9. The quantitative estimate of drug-likeness (QED) is 0.698. The monoisotopic (exact) mass is 378 g/mol. The summed E-state index contributed by atoms with van der Waals surface area (Å²) in [6, 6.07) is 22.3. The molecule has 1 aliphatic rings. The van der Waals surface area contributed by atoms with Crippen LogP contribution in [0.15, 0.2) is 72.8 Å². The van der Waals surface area contributed by atoms with Crippen LogP contribution < -0.4 is 11.1 Å². The molecule has 0 heterocycles. The number of nitrogens with one attached hydrogen (secondary N) is 1. The van der Waals surface area contributed by atoms with Crippen LogP contribution in [0.2, 0.25) is 0 Å². The minimum atomic E-state index is -0.190. The van der Waals surface area contributed by atoms with Crippen LogP contribution >= 0.6 is 12.4 Å². The Kier molecular flexibility index (Phi) is 5.94. The molecule has 3 N–H and O–H groups in total. The van der Waals surface area contributed by atoms with Gasteiger partial charge in [-0.05, 0) is 39.9 Å². The van der Waals surface area contributed by atoms with Gasteiger partial charge >= 0.3 is 0 Å². The number of hydrogen-bond donors (Lipinski definition) is 2. The van der Waals surface area contributed by atoms with Crippen LogP contribution in [0.5, 0.6) is 0 Å². The maximum Gasteiger partial charge on any atom is 0.228 e. The normalized spacial score (nSPS) is 16.3. The number of amides is 1. The molecule has 27 heavy (non-hydrogen) atoms. The number of nitrogens with two attached hydrogens (primary N) is 1. The molecule has 0 fully saturated rings. The molecular formula is C23H23ClN2O. The van der Waals surface area contributed by atoms with E-state index in [2.05, 4.69) is 53.9 Å². The van der Waals surface area contributed by atoms with Crippen LogP contribution in [0.25, 0.3) is 16.8 Å². The molecule has 3 nitrogen and oxygen atoms in total. The minimum absolute atomic E-state index is 0. The lowest BCUT2D eigenvalue weighted by molar-refractivity contribution is -0.123. The Morgan fingerprint density at radius 2 is 1.78 bits per heavy atom. The summed E-state index contributed by atoms with van der Waals surface area (Å²) in [5.74, 6) is -0.129. The zero-order valence-corrected chi connectivity index (χ0v) is 15.8. The fraction of sp³-hybridized carbons (Fsp3) is 0.174. The lowest BCUT2D eigenvalue weighted by Crippen LogP contribution is -2.37. The summed E-state index contributed by atoms with van der Waals surface area (Å²) in [5.41, 5.74) is 9.24. The Morgan fingerprint density at radius 1 is 1.04 bits per heavy atom. The fourth-order valence-electron chi connectivity index (χ4n) is 3.66. The molecule has 4 heteroatoms. The van der Waals surface area contributed by atoms with Crippen LogP contribution in [0.1, 0.15) is 35.1 Å². The summed E-state index contributed by atoms with van der Waals surface area (Å²) in [5, 5.41) is 5.50. The average Bonchev–Trinajstić information content (AvgIpc) is 2.71. The summed E-state index contributed by atoms with van der Waals surface area (Å²) in [6.45, 7) is 0.369. The van der Waals surface area contributed by atoms with Gasteiger partial charge in [0.05, 0.1) is 12.0 Å². The standard InChI is InChI=1S/C23H22N2O.ClH/c24-15-22(19-13-12-16-6-1-2-8-18(16)14-19)25-23(26)21-11-5-9-17-7-3-4-10-20(17)21;/h1-10,12-14,21-22H,11,15,24H2,(H,25,26);1H. The zero-order valence-electron chi connectivity index (χ0n) is 15.0. The first-order valence-electron chi connectivity index (χ1n) is 9.01. The van der Waals surface area contributed by atoms with Gasteiger partial charge in [-0.25, -0.2) is 0 Å². The van der Waals surface area contributed by atoms with Crippen molar-refractivity contribution in [3.8, 4) is 0 Å². The third kappa shape index (κ3) is 3.90. The largest absolute Gasteiger partial charge is 0.347 e. The molecule has 2 atom stereocenters. The van der Waals surface area contributed by atoms with Crippen molar-refractivity contribution >= 4 is 35.2 Å². The number of allylic oxidation sites excluding steroid dienone is 1.